The van der Waals surface area contributed by atoms with E-state index in [4.69, 9.17) is 0 Å². The number of carbonyl (C=O) groups is 2. The molecule has 0 aliphatic carbocycles. The van der Waals surface area contributed by atoms with E-state index in [2.05, 4.69) is 21.6 Å². The van der Waals surface area contributed by atoms with Crippen molar-refractivity contribution in [3.8, 4) is 0 Å². The highest BCUT2D eigenvalue weighted by molar-refractivity contribution is 5.90. The summed E-state index contributed by atoms with van der Waals surface area (Å²) in [6.45, 7) is 3.19. The van der Waals surface area contributed by atoms with Gasteiger partial charge in [0.1, 0.15) is 0 Å². The molecule has 0 aromatic carbocycles. The Morgan fingerprint density at radius 2 is 1.91 bits per heavy atom. The van der Waals surface area contributed by atoms with Crippen LogP contribution >= 0.6 is 0 Å². The lowest BCUT2D eigenvalue weighted by Crippen LogP contribution is -2.34. The largest absolute Gasteiger partial charge is 0.469 e. The molecular formula is C16H27N3O3. The molecule has 0 unspecified atom stereocenters. The molecule has 22 heavy (non-hydrogen) atoms. The van der Waals surface area contributed by atoms with E-state index in [-0.39, 0.29) is 18.3 Å². The summed E-state index contributed by atoms with van der Waals surface area (Å²) in [7, 11) is 1.36. The van der Waals surface area contributed by atoms with E-state index < -0.39 is 0 Å². The molecule has 0 bridgehead atoms. The van der Waals surface area contributed by atoms with Crippen LogP contribution in [0.25, 0.3) is 0 Å². The Kier molecular flexibility index (Phi) is 8.95. The van der Waals surface area contributed by atoms with Crippen molar-refractivity contribution in [2.45, 2.75) is 51.9 Å². The summed E-state index contributed by atoms with van der Waals surface area (Å²) in [5.74, 6) is -0.154. The Bertz CT molecular complexity index is 432. The number of H-pyrrole nitrogens is 1. The summed E-state index contributed by atoms with van der Waals surface area (Å²) in [6, 6.07) is 0. The van der Waals surface area contributed by atoms with E-state index in [0.717, 1.165) is 12.8 Å². The number of nitrogens with zero attached hydrogens (tertiary/aromatic N) is 2. The van der Waals surface area contributed by atoms with Gasteiger partial charge in [-0.05, 0) is 6.42 Å². The summed E-state index contributed by atoms with van der Waals surface area (Å²) < 4.78 is 4.64. The molecule has 6 nitrogen and oxygen atoms in total. The van der Waals surface area contributed by atoms with Crippen molar-refractivity contribution < 1.29 is 14.3 Å². The van der Waals surface area contributed by atoms with E-state index in [1.54, 1.807) is 17.3 Å². The third-order valence-corrected chi connectivity index (χ3v) is 3.58. The molecule has 0 saturated heterocycles. The van der Waals surface area contributed by atoms with Crippen LogP contribution in [0.2, 0.25) is 0 Å². The second kappa shape index (κ2) is 10.8. The number of esters is 1. The molecule has 1 rings (SSSR count). The molecule has 1 N–H and O–H groups in total. The van der Waals surface area contributed by atoms with Crippen LogP contribution in [0.3, 0.4) is 0 Å². The Morgan fingerprint density at radius 1 is 1.18 bits per heavy atom. The van der Waals surface area contributed by atoms with Gasteiger partial charge in [0.05, 0.1) is 13.5 Å². The minimum Gasteiger partial charge on any atom is -0.469 e. The summed E-state index contributed by atoms with van der Waals surface area (Å²) >= 11 is 0. The van der Waals surface area contributed by atoms with Gasteiger partial charge >= 0.3 is 5.97 Å². The predicted octanol–water partition coefficient (Wildman–Crippen LogP) is 2.78. The number of hydrogen-bond acceptors (Lipinski definition) is 4. The molecule has 0 aliphatic heterocycles. The van der Waals surface area contributed by atoms with Crippen LogP contribution in [0.15, 0.2) is 12.4 Å². The number of nitrogens with one attached hydrogen (secondary N) is 1. The fourth-order valence-corrected chi connectivity index (χ4v) is 2.26. The maximum atomic E-state index is 12.4. The van der Waals surface area contributed by atoms with Crippen molar-refractivity contribution in [2.75, 3.05) is 20.2 Å². The highest BCUT2D eigenvalue weighted by Crippen LogP contribution is 2.08. The van der Waals surface area contributed by atoms with Gasteiger partial charge in [-0.3, -0.25) is 9.59 Å². The lowest BCUT2D eigenvalue weighted by atomic mass is 10.1. The van der Waals surface area contributed by atoms with Crippen LogP contribution in [0.5, 0.6) is 0 Å². The van der Waals surface area contributed by atoms with E-state index >= 15 is 0 Å². The predicted molar refractivity (Wildman–Crippen MR) is 84.5 cm³/mol. The van der Waals surface area contributed by atoms with Crippen molar-refractivity contribution in [3.05, 3.63) is 18.2 Å². The Morgan fingerprint density at radius 3 is 2.55 bits per heavy atom. The SMILES string of the molecule is CCCCCCCCN(CCC(=O)OC)C(=O)c1ncc[nH]1. The minimum absolute atomic E-state index is 0.164. The maximum Gasteiger partial charge on any atom is 0.307 e. The van der Waals surface area contributed by atoms with E-state index in [0.29, 0.717) is 18.9 Å². The fraction of sp³-hybridized carbons (Fsp3) is 0.688. The first-order chi connectivity index (χ1) is 10.7. The molecule has 1 amide bonds. The van der Waals surface area contributed by atoms with Crippen LogP contribution in [-0.4, -0.2) is 46.9 Å². The van der Waals surface area contributed by atoms with Crippen LogP contribution in [0.4, 0.5) is 0 Å². The average Bonchev–Trinajstić information content (AvgIpc) is 3.06. The quantitative estimate of drug-likeness (QED) is 0.504. The van der Waals surface area contributed by atoms with Gasteiger partial charge in [-0.2, -0.15) is 0 Å². The number of amides is 1. The fourth-order valence-electron chi connectivity index (χ4n) is 2.26. The van der Waals surface area contributed by atoms with Gasteiger partial charge in [0.25, 0.3) is 5.91 Å². The summed E-state index contributed by atoms with van der Waals surface area (Å²) in [6.07, 6.45) is 10.3. The number of methoxy groups -OCH3 is 1. The first kappa shape index (κ1) is 18.2. The summed E-state index contributed by atoms with van der Waals surface area (Å²) in [4.78, 5) is 32.1. The number of aromatic nitrogens is 2. The molecule has 0 atom stereocenters. The van der Waals surface area contributed by atoms with Gasteiger partial charge < -0.3 is 14.6 Å². The number of unbranched alkanes of at least 4 members (excludes halogenated alkanes) is 5. The maximum absolute atomic E-state index is 12.4. The first-order valence-corrected chi connectivity index (χ1v) is 8.04. The zero-order valence-corrected chi connectivity index (χ0v) is 13.6. The van der Waals surface area contributed by atoms with Gasteiger partial charge in [-0.15, -0.1) is 0 Å². The normalized spacial score (nSPS) is 10.5. The third kappa shape index (κ3) is 6.74. The van der Waals surface area contributed by atoms with Crippen molar-refractivity contribution in [2.24, 2.45) is 0 Å². The lowest BCUT2D eigenvalue weighted by Gasteiger charge is -2.21. The topological polar surface area (TPSA) is 75.3 Å². The second-order valence-electron chi connectivity index (χ2n) is 5.32. The number of rotatable bonds is 11. The van der Waals surface area contributed by atoms with Gasteiger partial charge in [-0.1, -0.05) is 39.0 Å². The van der Waals surface area contributed by atoms with Crippen LogP contribution in [-0.2, 0) is 9.53 Å². The van der Waals surface area contributed by atoms with Crippen LogP contribution < -0.4 is 0 Å². The van der Waals surface area contributed by atoms with Gasteiger partial charge in [0, 0.05) is 25.5 Å². The van der Waals surface area contributed by atoms with Gasteiger partial charge in [0.15, 0.2) is 5.82 Å². The lowest BCUT2D eigenvalue weighted by molar-refractivity contribution is -0.140. The smallest absolute Gasteiger partial charge is 0.307 e. The molecule has 0 saturated carbocycles. The summed E-state index contributed by atoms with van der Waals surface area (Å²) in [5, 5.41) is 0. The number of imidazole rings is 1. The number of carbonyl (C=O) groups excluding carboxylic acids is 2. The molecule has 124 valence electrons. The summed E-state index contributed by atoms with van der Waals surface area (Å²) in [5.41, 5.74) is 0. The first-order valence-electron chi connectivity index (χ1n) is 8.04. The van der Waals surface area contributed by atoms with Crippen molar-refractivity contribution >= 4 is 11.9 Å². The third-order valence-electron chi connectivity index (χ3n) is 3.58. The Labute approximate surface area is 132 Å². The highest BCUT2D eigenvalue weighted by Gasteiger charge is 2.18. The standard InChI is InChI=1S/C16H27N3O3/c1-3-4-5-6-7-8-12-19(13-9-14(20)22-2)16(21)15-17-10-11-18-15/h10-11H,3-9,12-13H2,1-2H3,(H,17,18). The molecule has 0 spiro atoms. The van der Waals surface area contributed by atoms with Crippen LogP contribution in [0.1, 0.15) is 62.5 Å². The molecule has 1 aromatic rings. The second-order valence-corrected chi connectivity index (χ2v) is 5.32. The van der Waals surface area contributed by atoms with Crippen LogP contribution in [0, 0.1) is 0 Å². The average molecular weight is 309 g/mol. The highest BCUT2D eigenvalue weighted by atomic mass is 16.5. The van der Waals surface area contributed by atoms with E-state index in [1.807, 2.05) is 0 Å². The number of aromatic amines is 1. The van der Waals surface area contributed by atoms with Crippen molar-refractivity contribution in [1.82, 2.24) is 14.9 Å². The van der Waals surface area contributed by atoms with Crippen molar-refractivity contribution in [1.29, 1.82) is 0 Å². The number of hydrogen-bond donors (Lipinski definition) is 1. The van der Waals surface area contributed by atoms with E-state index in [9.17, 15) is 9.59 Å². The minimum atomic E-state index is -0.305. The molecule has 0 fully saturated rings. The molecular weight excluding hydrogens is 282 g/mol. The number of ether oxygens (including phenoxy) is 1. The molecule has 6 heteroatoms. The van der Waals surface area contributed by atoms with Gasteiger partial charge in [-0.25, -0.2) is 4.98 Å². The monoisotopic (exact) mass is 309 g/mol. The zero-order valence-electron chi connectivity index (χ0n) is 13.6. The Balaban J connectivity index is 2.43. The molecule has 1 heterocycles. The van der Waals surface area contributed by atoms with E-state index in [1.165, 1.54) is 32.8 Å². The van der Waals surface area contributed by atoms with Crippen molar-refractivity contribution in [3.63, 3.8) is 0 Å². The Hall–Kier alpha value is -1.85. The molecule has 0 radical (unpaired) electrons. The zero-order chi connectivity index (χ0) is 16.2. The van der Waals surface area contributed by atoms with Gasteiger partial charge in [0.2, 0.25) is 0 Å². The molecule has 0 aliphatic rings. The molecule has 1 aromatic heterocycles.